The Morgan fingerprint density at radius 3 is 2.56 bits per heavy atom. The quantitative estimate of drug-likeness (QED) is 0.503. The maximum absolute atomic E-state index is 13.2. The van der Waals surface area contributed by atoms with Gasteiger partial charge in [0, 0.05) is 16.0 Å². The van der Waals surface area contributed by atoms with Crippen LogP contribution in [0.15, 0.2) is 29.3 Å². The minimum atomic E-state index is -1.16. The van der Waals surface area contributed by atoms with Gasteiger partial charge in [-0.05, 0) is 54.1 Å². The Balaban J connectivity index is 1.44. The normalized spacial score (nSPS) is 34.4. The molecule has 3 heterocycles. The number of H-pyrrole nitrogens is 1. The Bertz CT molecular complexity index is 1200. The summed E-state index contributed by atoms with van der Waals surface area (Å²) in [6.07, 6.45) is 0.832. The van der Waals surface area contributed by atoms with Gasteiger partial charge in [-0.15, -0.1) is 23.1 Å². The minimum Gasteiger partial charge on any atom is -0.497 e. The molecule has 7 atom stereocenters. The SMILES string of the molecule is COc1ccc([C@@H]2c3sc(=S)[nH]c3S[C@@H]3[C@H]4C[C@@H]([C@@H]5C(=O)N(CC(=O)O)C(=O)[C@H]45)[C@H]23)cc1. The van der Waals surface area contributed by atoms with Crippen LogP contribution in [0.25, 0.3) is 0 Å². The molecule has 3 fully saturated rings. The lowest BCUT2D eigenvalue weighted by molar-refractivity contribution is -0.149. The molecule has 4 aliphatic rings. The summed E-state index contributed by atoms with van der Waals surface area (Å²) in [4.78, 5) is 43.0. The van der Waals surface area contributed by atoms with Crippen molar-refractivity contribution in [2.75, 3.05) is 13.7 Å². The summed E-state index contributed by atoms with van der Waals surface area (Å²) >= 11 is 8.79. The van der Waals surface area contributed by atoms with Crippen LogP contribution >= 0.6 is 35.3 Å². The third-order valence-electron chi connectivity index (χ3n) is 7.58. The lowest BCUT2D eigenvalue weighted by Gasteiger charge is -2.43. The Kier molecular flexibility index (Phi) is 4.58. The van der Waals surface area contributed by atoms with E-state index in [0.717, 1.165) is 31.6 Å². The third-order valence-corrected chi connectivity index (χ3v) is 10.5. The first-order valence-electron chi connectivity index (χ1n) is 10.5. The Morgan fingerprint density at radius 1 is 1.22 bits per heavy atom. The number of carboxylic acids is 1. The van der Waals surface area contributed by atoms with Crippen molar-refractivity contribution in [2.24, 2.45) is 29.6 Å². The van der Waals surface area contributed by atoms with Gasteiger partial charge in [-0.2, -0.15) is 0 Å². The number of likely N-dealkylation sites (tertiary alicyclic amines) is 1. The van der Waals surface area contributed by atoms with Gasteiger partial charge in [-0.3, -0.25) is 19.3 Å². The molecule has 2 aromatic rings. The zero-order valence-electron chi connectivity index (χ0n) is 17.0. The smallest absolute Gasteiger partial charge is 0.323 e. The molecular weight excluding hydrogens is 468 g/mol. The number of rotatable bonds is 4. The number of aliphatic carboxylic acids is 1. The summed E-state index contributed by atoms with van der Waals surface area (Å²) in [5.41, 5.74) is 1.15. The molecule has 2 bridgehead atoms. The Morgan fingerprint density at radius 2 is 1.91 bits per heavy atom. The summed E-state index contributed by atoms with van der Waals surface area (Å²) in [5.74, 6) is -1.42. The van der Waals surface area contributed by atoms with Gasteiger partial charge in [0.05, 0.1) is 24.0 Å². The van der Waals surface area contributed by atoms with E-state index in [0.29, 0.717) is 0 Å². The number of thiazole rings is 1. The topological polar surface area (TPSA) is 99.7 Å². The first-order chi connectivity index (χ1) is 15.4. The molecule has 0 unspecified atom stereocenters. The number of aromatic nitrogens is 1. The molecule has 1 saturated heterocycles. The number of aromatic amines is 1. The highest BCUT2D eigenvalue weighted by Crippen LogP contribution is 2.68. The third kappa shape index (κ3) is 2.72. The van der Waals surface area contributed by atoms with Crippen molar-refractivity contribution in [3.8, 4) is 5.75 Å². The van der Waals surface area contributed by atoms with Crippen molar-refractivity contribution in [2.45, 2.75) is 22.6 Å². The number of carbonyl (C=O) groups is 3. The highest BCUT2D eigenvalue weighted by molar-refractivity contribution is 8.00. The number of carboxylic acid groups (broad SMARTS) is 1. The molecule has 1 aromatic carbocycles. The van der Waals surface area contributed by atoms with Crippen molar-refractivity contribution in [1.29, 1.82) is 0 Å². The van der Waals surface area contributed by atoms with Crippen LogP contribution in [0.4, 0.5) is 0 Å². The highest BCUT2D eigenvalue weighted by atomic mass is 32.2. The summed E-state index contributed by atoms with van der Waals surface area (Å²) in [5, 5.41) is 10.4. The molecule has 7 nitrogen and oxygen atoms in total. The summed E-state index contributed by atoms with van der Waals surface area (Å²) < 4.78 is 6.06. The van der Waals surface area contributed by atoms with Gasteiger partial charge >= 0.3 is 5.97 Å². The molecule has 0 spiro atoms. The predicted molar refractivity (Wildman–Crippen MR) is 120 cm³/mol. The number of imide groups is 1. The monoisotopic (exact) mass is 488 g/mol. The Labute approximate surface area is 197 Å². The fraction of sp³-hybridized carbons (Fsp3) is 0.455. The second-order valence-corrected chi connectivity index (χ2v) is 11.8. The van der Waals surface area contributed by atoms with Gasteiger partial charge in [0.2, 0.25) is 11.8 Å². The minimum absolute atomic E-state index is 0.0497. The summed E-state index contributed by atoms with van der Waals surface area (Å²) in [7, 11) is 1.64. The first kappa shape index (κ1) is 20.4. The number of thioether (sulfide) groups is 1. The number of benzene rings is 1. The van der Waals surface area contributed by atoms with Crippen molar-refractivity contribution >= 4 is 53.1 Å². The second kappa shape index (κ2) is 7.16. The molecule has 2 N–H and O–H groups in total. The average Bonchev–Trinajstić information content (AvgIpc) is 3.49. The van der Waals surface area contributed by atoms with Crippen molar-refractivity contribution in [3.05, 3.63) is 38.7 Å². The van der Waals surface area contributed by atoms with Gasteiger partial charge in [0.15, 0.2) is 3.95 Å². The van der Waals surface area contributed by atoms with Crippen molar-refractivity contribution < 1.29 is 24.2 Å². The van der Waals surface area contributed by atoms with Crippen LogP contribution in [0.3, 0.4) is 0 Å². The maximum atomic E-state index is 13.2. The molecule has 0 radical (unpaired) electrons. The molecule has 2 saturated carbocycles. The van der Waals surface area contributed by atoms with E-state index < -0.39 is 24.3 Å². The van der Waals surface area contributed by atoms with Crippen LogP contribution in [0, 0.1) is 33.5 Å². The molecule has 2 aliphatic heterocycles. The summed E-state index contributed by atoms with van der Waals surface area (Å²) in [6, 6.07) is 8.05. The number of nitrogens with zero attached hydrogens (tertiary/aromatic N) is 1. The van der Waals surface area contributed by atoms with Gasteiger partial charge in [0.1, 0.15) is 12.3 Å². The van der Waals surface area contributed by atoms with E-state index in [1.165, 1.54) is 4.88 Å². The zero-order chi connectivity index (χ0) is 22.3. The standard InChI is InChI=1S/C22H20N2O5S3/c1-29-9-4-2-8(3-5-9)13-14-10-6-11(17(14)31-19-18(13)32-22(30)23-19)16-15(10)20(27)24(21(16)28)7-12(25)26/h2-5,10-11,13-17H,6-7H2,1H3,(H,23,30)(H,25,26)/t10-,11+,13+,14-,15+,16-,17-/m1/s1. The Hall–Kier alpha value is -2.17. The highest BCUT2D eigenvalue weighted by Gasteiger charge is 2.69. The van der Waals surface area contributed by atoms with E-state index in [9.17, 15) is 19.5 Å². The summed E-state index contributed by atoms with van der Waals surface area (Å²) in [6.45, 7) is -0.547. The number of methoxy groups -OCH3 is 1. The molecular formula is C22H20N2O5S3. The number of carbonyl (C=O) groups excluding carboxylic acids is 2. The van der Waals surface area contributed by atoms with Crippen molar-refractivity contribution in [1.82, 2.24) is 9.88 Å². The van der Waals surface area contributed by atoms with Crippen LogP contribution < -0.4 is 4.74 Å². The largest absolute Gasteiger partial charge is 0.497 e. The molecule has 32 heavy (non-hydrogen) atoms. The fourth-order valence-electron chi connectivity index (χ4n) is 6.55. The lowest BCUT2D eigenvalue weighted by atomic mass is 9.68. The molecule has 2 aliphatic carbocycles. The molecule has 6 rings (SSSR count). The second-order valence-electron chi connectivity index (χ2n) is 8.89. The van der Waals surface area contributed by atoms with E-state index in [1.807, 2.05) is 12.1 Å². The van der Waals surface area contributed by atoms with Crippen LogP contribution in [0.2, 0.25) is 0 Å². The predicted octanol–water partition coefficient (Wildman–Crippen LogP) is 3.37. The number of ether oxygens (including phenoxy) is 1. The van der Waals surface area contributed by atoms with Gasteiger partial charge in [-0.25, -0.2) is 0 Å². The molecule has 166 valence electrons. The number of amides is 2. The maximum Gasteiger partial charge on any atom is 0.323 e. The van der Waals surface area contributed by atoms with E-state index in [2.05, 4.69) is 17.1 Å². The van der Waals surface area contributed by atoms with Crippen LogP contribution in [0.1, 0.15) is 22.8 Å². The van der Waals surface area contributed by atoms with E-state index in [4.69, 9.17) is 17.0 Å². The van der Waals surface area contributed by atoms with E-state index in [-0.39, 0.29) is 40.7 Å². The van der Waals surface area contributed by atoms with Gasteiger partial charge in [0.25, 0.3) is 0 Å². The number of nitrogens with one attached hydrogen (secondary N) is 1. The number of hydrogen-bond donors (Lipinski definition) is 2. The van der Waals surface area contributed by atoms with E-state index in [1.54, 1.807) is 30.2 Å². The average molecular weight is 489 g/mol. The lowest BCUT2D eigenvalue weighted by Crippen LogP contribution is -2.42. The van der Waals surface area contributed by atoms with Crippen LogP contribution in [-0.4, -0.2) is 51.7 Å². The fourth-order valence-corrected chi connectivity index (χ4v) is 9.89. The zero-order valence-corrected chi connectivity index (χ0v) is 19.5. The number of fused-ring (bicyclic) bond motifs is 9. The van der Waals surface area contributed by atoms with Crippen LogP contribution in [-0.2, 0) is 14.4 Å². The molecule has 2 amide bonds. The molecule has 1 aromatic heterocycles. The number of hydrogen-bond acceptors (Lipinski definition) is 7. The van der Waals surface area contributed by atoms with Gasteiger partial charge < -0.3 is 14.8 Å². The van der Waals surface area contributed by atoms with Gasteiger partial charge in [-0.1, -0.05) is 12.1 Å². The molecule has 10 heteroatoms. The first-order valence-corrected chi connectivity index (χ1v) is 12.6. The van der Waals surface area contributed by atoms with E-state index >= 15 is 0 Å². The van der Waals surface area contributed by atoms with Crippen LogP contribution in [0.5, 0.6) is 5.75 Å². The van der Waals surface area contributed by atoms with Crippen molar-refractivity contribution in [3.63, 3.8) is 0 Å².